The summed E-state index contributed by atoms with van der Waals surface area (Å²) in [6.07, 6.45) is 3.92. The molecule has 8 nitrogen and oxygen atoms in total. The van der Waals surface area contributed by atoms with Crippen molar-refractivity contribution in [3.8, 4) is 11.3 Å². The van der Waals surface area contributed by atoms with Gasteiger partial charge in [-0.05, 0) is 62.8 Å². The molecule has 1 aromatic carbocycles. The first-order valence-corrected chi connectivity index (χ1v) is 13.6. The number of nitrogens with two attached hydrogens (primary N) is 2. The van der Waals surface area contributed by atoms with E-state index in [1.807, 2.05) is 12.3 Å². The molecule has 0 spiro atoms. The summed E-state index contributed by atoms with van der Waals surface area (Å²) < 4.78 is 0. The first-order valence-electron chi connectivity index (χ1n) is 12.7. The van der Waals surface area contributed by atoms with E-state index in [1.54, 1.807) is 11.3 Å². The number of piperazine rings is 2. The highest BCUT2D eigenvalue weighted by Crippen LogP contribution is 2.35. The second kappa shape index (κ2) is 10.2. The van der Waals surface area contributed by atoms with E-state index in [-0.39, 0.29) is 0 Å². The Morgan fingerprint density at radius 2 is 1.53 bits per heavy atom. The number of aryl methyl sites for hydroxylation is 2. The SMILES string of the molecule is Cc1cc(/C(N)=C/c2c(-c3csc(N4CCN(C)CC4)n3)c[nH]c2N)cc(C)c1N1CCN(C)CC1. The molecule has 0 atom stereocenters. The van der Waals surface area contributed by atoms with Gasteiger partial charge in [-0.3, -0.25) is 0 Å². The maximum Gasteiger partial charge on any atom is 0.185 e. The van der Waals surface area contributed by atoms with E-state index in [0.29, 0.717) is 11.5 Å². The Bertz CT molecular complexity index is 1220. The number of thiazole rings is 1. The molecule has 2 fully saturated rings. The summed E-state index contributed by atoms with van der Waals surface area (Å²) in [7, 11) is 4.35. The van der Waals surface area contributed by atoms with Crippen LogP contribution in [0, 0.1) is 13.8 Å². The minimum absolute atomic E-state index is 0.601. The van der Waals surface area contributed by atoms with Gasteiger partial charge in [-0.25, -0.2) is 4.98 Å². The van der Waals surface area contributed by atoms with Crippen LogP contribution in [-0.4, -0.2) is 86.2 Å². The summed E-state index contributed by atoms with van der Waals surface area (Å²) in [6, 6.07) is 4.40. The van der Waals surface area contributed by atoms with Gasteiger partial charge >= 0.3 is 0 Å². The van der Waals surface area contributed by atoms with E-state index < -0.39 is 0 Å². The lowest BCUT2D eigenvalue weighted by atomic mass is 9.99. The topological polar surface area (TPSA) is 93.7 Å². The van der Waals surface area contributed by atoms with Crippen LogP contribution in [0.4, 0.5) is 16.6 Å². The number of anilines is 3. The van der Waals surface area contributed by atoms with Gasteiger partial charge in [0, 0.05) is 86.4 Å². The molecule has 0 saturated carbocycles. The first kappa shape index (κ1) is 24.7. The highest BCUT2D eigenvalue weighted by atomic mass is 32.1. The van der Waals surface area contributed by atoms with E-state index in [0.717, 1.165) is 79.9 Å². The third kappa shape index (κ3) is 4.96. The molecule has 5 rings (SSSR count). The average Bonchev–Trinajstić information content (AvgIpc) is 3.47. The molecule has 192 valence electrons. The van der Waals surface area contributed by atoms with Crippen molar-refractivity contribution in [1.82, 2.24) is 19.8 Å². The highest BCUT2D eigenvalue weighted by molar-refractivity contribution is 7.14. The van der Waals surface area contributed by atoms with Gasteiger partial charge in [0.15, 0.2) is 5.13 Å². The summed E-state index contributed by atoms with van der Waals surface area (Å²) in [5.41, 5.74) is 21.4. The summed E-state index contributed by atoms with van der Waals surface area (Å²) in [4.78, 5) is 17.7. The van der Waals surface area contributed by atoms with E-state index in [1.165, 1.54) is 16.8 Å². The number of aromatic nitrogens is 2. The zero-order chi connectivity index (χ0) is 25.4. The molecular weight excluding hydrogens is 468 g/mol. The van der Waals surface area contributed by atoms with Crippen LogP contribution in [0.2, 0.25) is 0 Å². The monoisotopic (exact) mass is 506 g/mol. The molecule has 0 aliphatic carbocycles. The van der Waals surface area contributed by atoms with Crippen LogP contribution in [0.5, 0.6) is 0 Å². The minimum atomic E-state index is 0.601. The Hall–Kier alpha value is -3.01. The Labute approximate surface area is 218 Å². The number of nitrogens with zero attached hydrogens (tertiary/aromatic N) is 5. The number of hydrogen-bond acceptors (Lipinski definition) is 8. The number of hydrogen-bond donors (Lipinski definition) is 3. The molecule has 2 aromatic heterocycles. The zero-order valence-electron chi connectivity index (χ0n) is 21.8. The number of aromatic amines is 1. The van der Waals surface area contributed by atoms with E-state index in [2.05, 4.69) is 70.0 Å². The molecular formula is C27H38N8S. The lowest BCUT2D eigenvalue weighted by Gasteiger charge is -2.36. The third-order valence-corrected chi connectivity index (χ3v) is 8.34. The Balaban J connectivity index is 1.40. The predicted molar refractivity (Wildman–Crippen MR) is 154 cm³/mol. The molecule has 9 heteroatoms. The predicted octanol–water partition coefficient (Wildman–Crippen LogP) is 3.30. The van der Waals surface area contributed by atoms with Gasteiger partial charge < -0.3 is 36.1 Å². The molecule has 36 heavy (non-hydrogen) atoms. The van der Waals surface area contributed by atoms with Crippen LogP contribution in [-0.2, 0) is 0 Å². The molecule has 0 amide bonds. The van der Waals surface area contributed by atoms with Gasteiger partial charge in [-0.2, -0.15) is 0 Å². The van der Waals surface area contributed by atoms with Gasteiger partial charge in [0.2, 0.25) is 0 Å². The summed E-state index contributed by atoms with van der Waals surface area (Å²) in [6.45, 7) is 12.8. The van der Waals surface area contributed by atoms with Crippen molar-refractivity contribution in [2.75, 3.05) is 82.0 Å². The van der Waals surface area contributed by atoms with Gasteiger partial charge in [0.1, 0.15) is 5.82 Å². The smallest absolute Gasteiger partial charge is 0.185 e. The summed E-state index contributed by atoms with van der Waals surface area (Å²) >= 11 is 1.69. The molecule has 0 bridgehead atoms. The van der Waals surface area contributed by atoms with Crippen molar-refractivity contribution in [3.05, 3.63) is 46.0 Å². The fraction of sp³-hybridized carbons (Fsp3) is 0.444. The molecule has 2 aliphatic rings. The second-order valence-electron chi connectivity index (χ2n) is 10.2. The summed E-state index contributed by atoms with van der Waals surface area (Å²) in [5.74, 6) is 0.601. The van der Waals surface area contributed by atoms with Crippen molar-refractivity contribution in [1.29, 1.82) is 0 Å². The van der Waals surface area contributed by atoms with Crippen molar-refractivity contribution in [2.24, 2.45) is 5.73 Å². The van der Waals surface area contributed by atoms with Crippen LogP contribution in [0.15, 0.2) is 23.7 Å². The fourth-order valence-corrected chi connectivity index (χ4v) is 6.12. The largest absolute Gasteiger partial charge is 0.398 e. The first-order chi connectivity index (χ1) is 17.3. The van der Waals surface area contributed by atoms with Crippen LogP contribution >= 0.6 is 11.3 Å². The van der Waals surface area contributed by atoms with E-state index in [9.17, 15) is 0 Å². The number of likely N-dealkylation sites (N-methyl/N-ethyl adjacent to an activating group) is 2. The number of H-pyrrole nitrogens is 1. The number of benzene rings is 1. The minimum Gasteiger partial charge on any atom is -0.398 e. The lowest BCUT2D eigenvalue weighted by molar-refractivity contribution is 0.312. The highest BCUT2D eigenvalue weighted by Gasteiger charge is 2.21. The van der Waals surface area contributed by atoms with Gasteiger partial charge in [0.25, 0.3) is 0 Å². The zero-order valence-corrected chi connectivity index (χ0v) is 22.7. The van der Waals surface area contributed by atoms with Gasteiger partial charge in [-0.15, -0.1) is 11.3 Å². The second-order valence-corrected chi connectivity index (χ2v) is 11.0. The molecule has 5 N–H and O–H groups in total. The van der Waals surface area contributed by atoms with E-state index >= 15 is 0 Å². The standard InChI is InChI=1S/C27H38N8S/c1-18-13-20(14-19(2)25(18)34-9-5-32(3)6-10-34)23(28)15-21-22(16-30-26(21)29)24-17-36-27(31-24)35-11-7-33(4)8-12-35/h13-17,30H,5-12,28-29H2,1-4H3/b23-15-. The third-order valence-electron chi connectivity index (χ3n) is 7.44. The molecule has 4 heterocycles. The Kier molecular flexibility index (Phi) is 6.96. The number of nitrogen functional groups attached to an aromatic ring is 1. The normalized spacial score (nSPS) is 18.3. The maximum absolute atomic E-state index is 6.66. The van der Waals surface area contributed by atoms with Crippen LogP contribution in [0.1, 0.15) is 22.3 Å². The fourth-order valence-electron chi connectivity index (χ4n) is 5.24. The van der Waals surface area contributed by atoms with Crippen molar-refractivity contribution < 1.29 is 0 Å². The van der Waals surface area contributed by atoms with Crippen molar-refractivity contribution in [2.45, 2.75) is 13.8 Å². The van der Waals surface area contributed by atoms with E-state index in [4.69, 9.17) is 16.5 Å². The van der Waals surface area contributed by atoms with Gasteiger partial charge in [0.05, 0.1) is 5.69 Å². The average molecular weight is 507 g/mol. The van der Waals surface area contributed by atoms with Gasteiger partial charge in [-0.1, -0.05) is 0 Å². The van der Waals surface area contributed by atoms with Crippen molar-refractivity contribution in [3.63, 3.8) is 0 Å². The van der Waals surface area contributed by atoms with Crippen LogP contribution < -0.4 is 21.3 Å². The van der Waals surface area contributed by atoms with Crippen LogP contribution in [0.3, 0.4) is 0 Å². The number of nitrogens with one attached hydrogen (secondary N) is 1. The Morgan fingerprint density at radius 3 is 2.14 bits per heavy atom. The summed E-state index contributed by atoms with van der Waals surface area (Å²) in [5, 5.41) is 3.18. The molecule has 2 saturated heterocycles. The molecule has 0 unspecified atom stereocenters. The van der Waals surface area contributed by atoms with Crippen LogP contribution in [0.25, 0.3) is 23.0 Å². The van der Waals surface area contributed by atoms with Crippen molar-refractivity contribution >= 4 is 39.7 Å². The molecule has 3 aromatic rings. The number of rotatable bonds is 5. The lowest BCUT2D eigenvalue weighted by Crippen LogP contribution is -2.45. The molecule has 2 aliphatic heterocycles. The Morgan fingerprint density at radius 1 is 0.944 bits per heavy atom. The quantitative estimate of drug-likeness (QED) is 0.489. The molecule has 0 radical (unpaired) electrons. The maximum atomic E-state index is 6.66.